The summed E-state index contributed by atoms with van der Waals surface area (Å²) in [5.41, 5.74) is 14.9. The Labute approximate surface area is 295 Å². The highest BCUT2D eigenvalue weighted by Crippen LogP contribution is 2.54. The smallest absolute Gasteiger partial charge is 0.136 e. The van der Waals surface area contributed by atoms with Gasteiger partial charge in [-0.3, -0.25) is 0 Å². The van der Waals surface area contributed by atoms with Gasteiger partial charge in [0.1, 0.15) is 11.2 Å². The Morgan fingerprint density at radius 3 is 1.96 bits per heavy atom. The van der Waals surface area contributed by atoms with Crippen molar-refractivity contribution in [3.05, 3.63) is 210 Å². The summed E-state index contributed by atoms with van der Waals surface area (Å²) in [5.74, 6) is 0. The zero-order chi connectivity index (χ0) is 33.5. The van der Waals surface area contributed by atoms with E-state index >= 15 is 0 Å². The number of furan rings is 1. The molecule has 1 aliphatic rings. The van der Waals surface area contributed by atoms with Gasteiger partial charge in [0.05, 0.1) is 22.1 Å². The van der Waals surface area contributed by atoms with Crippen LogP contribution in [0.3, 0.4) is 0 Å². The van der Waals surface area contributed by atoms with E-state index in [9.17, 15) is 0 Å². The number of nitrogens with zero attached hydrogens (tertiary/aromatic N) is 1. The molecule has 0 fully saturated rings. The summed E-state index contributed by atoms with van der Waals surface area (Å²) in [4.78, 5) is 0. The van der Waals surface area contributed by atoms with Crippen molar-refractivity contribution in [2.24, 2.45) is 0 Å². The first-order valence-electron chi connectivity index (χ1n) is 17.6. The highest BCUT2D eigenvalue weighted by Gasteiger charge is 2.45. The van der Waals surface area contributed by atoms with Crippen molar-refractivity contribution >= 4 is 43.7 Å². The van der Waals surface area contributed by atoms with Gasteiger partial charge in [-0.15, -0.1) is 0 Å². The molecule has 0 spiro atoms. The molecule has 51 heavy (non-hydrogen) atoms. The summed E-state index contributed by atoms with van der Waals surface area (Å²) in [6.07, 6.45) is 0. The fourth-order valence-corrected chi connectivity index (χ4v) is 8.97. The lowest BCUT2D eigenvalue weighted by Gasteiger charge is -2.41. The second kappa shape index (κ2) is 10.7. The van der Waals surface area contributed by atoms with Crippen LogP contribution < -0.4 is 0 Å². The summed E-state index contributed by atoms with van der Waals surface area (Å²) < 4.78 is 8.72. The first-order valence-corrected chi connectivity index (χ1v) is 17.6. The van der Waals surface area contributed by atoms with E-state index in [-0.39, 0.29) is 0 Å². The molecule has 1 atom stereocenters. The first kappa shape index (κ1) is 28.2. The predicted molar refractivity (Wildman–Crippen MR) is 211 cm³/mol. The van der Waals surface area contributed by atoms with E-state index in [2.05, 4.69) is 180 Å². The topological polar surface area (TPSA) is 18.1 Å². The van der Waals surface area contributed by atoms with Crippen molar-refractivity contribution < 1.29 is 4.42 Å². The van der Waals surface area contributed by atoms with Crippen molar-refractivity contribution in [3.63, 3.8) is 0 Å². The third kappa shape index (κ3) is 3.87. The van der Waals surface area contributed by atoms with Crippen LogP contribution in [0, 0.1) is 0 Å². The van der Waals surface area contributed by atoms with Crippen LogP contribution in [0.1, 0.15) is 22.3 Å². The highest BCUT2D eigenvalue weighted by molar-refractivity contribution is 6.13. The van der Waals surface area contributed by atoms with Crippen molar-refractivity contribution in [2.75, 3.05) is 0 Å². The molecule has 0 bridgehead atoms. The molecule has 1 aliphatic heterocycles. The summed E-state index contributed by atoms with van der Waals surface area (Å²) >= 11 is 0. The standard InChI is InChI=1S/C49H31NO/c1-2-15-35(16-3-1)49(41-21-6-8-24-44(41)50-43-23-7-4-17-38(43)39-20-11-22-42(49)48(39)50)36-29-27-32(28-30-36)33-13-10-14-34(31-33)37-19-12-26-46-47(37)40-18-5-9-25-45(40)51-46/h1-31H. The van der Waals surface area contributed by atoms with Gasteiger partial charge in [0.15, 0.2) is 0 Å². The molecule has 0 saturated carbocycles. The maximum atomic E-state index is 6.23. The first-order chi connectivity index (χ1) is 25.3. The molecule has 238 valence electrons. The van der Waals surface area contributed by atoms with E-state index in [1.165, 1.54) is 72.0 Å². The van der Waals surface area contributed by atoms with Gasteiger partial charge in [-0.2, -0.15) is 0 Å². The molecule has 2 heteroatoms. The van der Waals surface area contributed by atoms with Gasteiger partial charge < -0.3 is 8.98 Å². The van der Waals surface area contributed by atoms with Crippen molar-refractivity contribution in [1.82, 2.24) is 4.57 Å². The van der Waals surface area contributed by atoms with Crippen LogP contribution in [0.4, 0.5) is 0 Å². The lowest BCUT2D eigenvalue weighted by molar-refractivity contribution is 0.669. The molecular weight excluding hydrogens is 619 g/mol. The van der Waals surface area contributed by atoms with Crippen LogP contribution >= 0.6 is 0 Å². The second-order valence-electron chi connectivity index (χ2n) is 13.6. The normalized spacial score (nSPS) is 15.1. The molecular formula is C49H31NO. The third-order valence-electron chi connectivity index (χ3n) is 11.1. The minimum absolute atomic E-state index is 0.514. The molecule has 0 radical (unpaired) electrons. The van der Waals surface area contributed by atoms with E-state index in [4.69, 9.17) is 4.42 Å². The second-order valence-corrected chi connectivity index (χ2v) is 13.6. The van der Waals surface area contributed by atoms with Crippen LogP contribution in [-0.4, -0.2) is 4.57 Å². The molecule has 8 aromatic carbocycles. The zero-order valence-corrected chi connectivity index (χ0v) is 27.8. The Bertz CT molecular complexity index is 2960. The molecule has 1 unspecified atom stereocenters. The van der Waals surface area contributed by atoms with E-state index in [0.717, 1.165) is 21.9 Å². The average Bonchev–Trinajstić information content (AvgIpc) is 3.76. The Balaban J connectivity index is 1.12. The number of hydrogen-bond donors (Lipinski definition) is 0. The quantitative estimate of drug-likeness (QED) is 0.186. The van der Waals surface area contributed by atoms with Crippen LogP contribution in [0.2, 0.25) is 0 Å². The van der Waals surface area contributed by atoms with Crippen molar-refractivity contribution in [2.45, 2.75) is 5.41 Å². The molecule has 0 amide bonds. The van der Waals surface area contributed by atoms with Gasteiger partial charge in [-0.1, -0.05) is 158 Å². The lowest BCUT2D eigenvalue weighted by Crippen LogP contribution is -2.35. The number of aromatic nitrogens is 1. The van der Waals surface area contributed by atoms with E-state index in [1.807, 2.05) is 12.1 Å². The molecule has 0 N–H and O–H groups in total. The molecule has 2 nitrogen and oxygen atoms in total. The SMILES string of the molecule is c1ccc(C2(c3ccc(-c4cccc(-c5cccc6oc7ccccc7c56)c4)cc3)c3ccccc3-n3c4ccccc4c4cccc2c43)cc1. The number of hydrogen-bond acceptors (Lipinski definition) is 1. The van der Waals surface area contributed by atoms with Crippen LogP contribution in [-0.2, 0) is 5.41 Å². The van der Waals surface area contributed by atoms with Gasteiger partial charge in [-0.25, -0.2) is 0 Å². The largest absolute Gasteiger partial charge is 0.456 e. The molecule has 3 heterocycles. The summed E-state index contributed by atoms with van der Waals surface area (Å²) in [6, 6.07) is 68.6. The van der Waals surface area contributed by atoms with Gasteiger partial charge in [0, 0.05) is 21.5 Å². The number of fused-ring (bicyclic) bond motifs is 8. The Morgan fingerprint density at radius 2 is 1.06 bits per heavy atom. The summed E-state index contributed by atoms with van der Waals surface area (Å²) in [7, 11) is 0. The number of rotatable bonds is 4. The van der Waals surface area contributed by atoms with E-state index < -0.39 is 5.41 Å². The predicted octanol–water partition coefficient (Wildman–Crippen LogP) is 12.7. The van der Waals surface area contributed by atoms with Crippen LogP contribution in [0.15, 0.2) is 192 Å². The van der Waals surface area contributed by atoms with Gasteiger partial charge in [-0.05, 0) is 74.8 Å². The molecule has 11 rings (SSSR count). The number of benzene rings is 8. The Kier molecular flexibility index (Phi) is 5.91. The average molecular weight is 650 g/mol. The van der Waals surface area contributed by atoms with Gasteiger partial charge >= 0.3 is 0 Å². The summed E-state index contributed by atoms with van der Waals surface area (Å²) in [6.45, 7) is 0. The maximum Gasteiger partial charge on any atom is 0.136 e. The lowest BCUT2D eigenvalue weighted by atomic mass is 9.63. The van der Waals surface area contributed by atoms with Crippen molar-refractivity contribution in [1.29, 1.82) is 0 Å². The van der Waals surface area contributed by atoms with Crippen molar-refractivity contribution in [3.8, 4) is 27.9 Å². The van der Waals surface area contributed by atoms with Crippen LogP contribution in [0.25, 0.3) is 71.7 Å². The Hall–Kier alpha value is -6.64. The zero-order valence-electron chi connectivity index (χ0n) is 27.8. The number of para-hydroxylation sites is 4. The molecule has 0 saturated heterocycles. The van der Waals surface area contributed by atoms with Gasteiger partial charge in [0.25, 0.3) is 0 Å². The molecule has 2 aromatic heterocycles. The molecule has 0 aliphatic carbocycles. The highest BCUT2D eigenvalue weighted by atomic mass is 16.3. The summed E-state index contributed by atoms with van der Waals surface area (Å²) in [5, 5.41) is 4.87. The minimum Gasteiger partial charge on any atom is -0.456 e. The fraction of sp³-hybridized carbons (Fsp3) is 0.0204. The minimum atomic E-state index is -0.514. The maximum absolute atomic E-state index is 6.23. The van der Waals surface area contributed by atoms with E-state index in [0.29, 0.717) is 0 Å². The Morgan fingerprint density at radius 1 is 0.412 bits per heavy atom. The molecule has 10 aromatic rings. The fourth-order valence-electron chi connectivity index (χ4n) is 8.97. The monoisotopic (exact) mass is 649 g/mol. The van der Waals surface area contributed by atoms with Crippen LogP contribution in [0.5, 0.6) is 0 Å². The van der Waals surface area contributed by atoms with E-state index in [1.54, 1.807) is 0 Å². The van der Waals surface area contributed by atoms with Gasteiger partial charge in [0.2, 0.25) is 0 Å². The third-order valence-corrected chi connectivity index (χ3v) is 11.1.